The molecule has 3 nitrogen and oxygen atoms in total. The molecular formula is C16H15Cl2NO2. The van der Waals surface area contributed by atoms with Crippen LogP contribution in [0.1, 0.15) is 12.5 Å². The zero-order chi connectivity index (χ0) is 15.2. The summed E-state index contributed by atoms with van der Waals surface area (Å²) in [6.45, 7) is 2.54. The number of benzene rings is 2. The van der Waals surface area contributed by atoms with Crippen LogP contribution in [0.3, 0.4) is 0 Å². The number of para-hydroxylation sites is 1. The molecule has 0 radical (unpaired) electrons. The molecule has 0 bridgehead atoms. The Bertz CT molecular complexity index is 606. The molecule has 0 saturated heterocycles. The Morgan fingerprint density at radius 3 is 2.29 bits per heavy atom. The molecule has 2 aromatic rings. The molecular weight excluding hydrogens is 309 g/mol. The summed E-state index contributed by atoms with van der Waals surface area (Å²) in [5.74, 6) is 0.616. The number of hydrogen-bond donors (Lipinski definition) is 1. The average molecular weight is 324 g/mol. The smallest absolute Gasteiger partial charge is 0.228 e. The largest absolute Gasteiger partial charge is 0.494 e. The minimum absolute atomic E-state index is 0.172. The Morgan fingerprint density at radius 1 is 1.10 bits per heavy atom. The molecule has 0 aliphatic rings. The Balaban J connectivity index is 2.01. The number of amides is 1. The van der Waals surface area contributed by atoms with Gasteiger partial charge in [0.05, 0.1) is 28.8 Å². The summed E-state index contributed by atoms with van der Waals surface area (Å²) in [6, 6.07) is 12.5. The zero-order valence-electron chi connectivity index (χ0n) is 11.5. The van der Waals surface area contributed by atoms with E-state index in [1.165, 1.54) is 0 Å². The minimum Gasteiger partial charge on any atom is -0.494 e. The van der Waals surface area contributed by atoms with Gasteiger partial charge in [-0.25, -0.2) is 0 Å². The van der Waals surface area contributed by atoms with Crippen LogP contribution < -0.4 is 10.1 Å². The third-order valence-electron chi connectivity index (χ3n) is 2.83. The van der Waals surface area contributed by atoms with Crippen molar-refractivity contribution in [1.82, 2.24) is 0 Å². The van der Waals surface area contributed by atoms with Crippen molar-refractivity contribution in [2.75, 3.05) is 11.9 Å². The van der Waals surface area contributed by atoms with Gasteiger partial charge in [0.2, 0.25) is 5.91 Å². The van der Waals surface area contributed by atoms with E-state index in [-0.39, 0.29) is 12.3 Å². The average Bonchev–Trinajstić information content (AvgIpc) is 2.45. The van der Waals surface area contributed by atoms with E-state index in [2.05, 4.69) is 5.32 Å². The highest BCUT2D eigenvalue weighted by atomic mass is 35.5. The van der Waals surface area contributed by atoms with E-state index in [0.717, 1.165) is 11.3 Å². The fourth-order valence-corrected chi connectivity index (χ4v) is 2.35. The standard InChI is InChI=1S/C16H15Cl2NO2/c1-2-21-12-8-6-11(7-9-12)10-15(20)19-16-13(17)4-3-5-14(16)18/h3-9H,2,10H2,1H3,(H,19,20). The van der Waals surface area contributed by atoms with Crippen molar-refractivity contribution < 1.29 is 9.53 Å². The number of anilines is 1. The number of ether oxygens (including phenoxy) is 1. The highest BCUT2D eigenvalue weighted by Gasteiger charge is 2.10. The first-order valence-electron chi connectivity index (χ1n) is 6.55. The van der Waals surface area contributed by atoms with Gasteiger partial charge in [0, 0.05) is 0 Å². The van der Waals surface area contributed by atoms with Crippen LogP contribution in [0, 0.1) is 0 Å². The van der Waals surface area contributed by atoms with E-state index >= 15 is 0 Å². The lowest BCUT2D eigenvalue weighted by molar-refractivity contribution is -0.115. The van der Waals surface area contributed by atoms with E-state index < -0.39 is 0 Å². The van der Waals surface area contributed by atoms with E-state index in [1.807, 2.05) is 31.2 Å². The Hall–Kier alpha value is -1.71. The van der Waals surface area contributed by atoms with Crippen LogP contribution in [0.15, 0.2) is 42.5 Å². The molecule has 0 atom stereocenters. The van der Waals surface area contributed by atoms with Crippen molar-refractivity contribution in [3.63, 3.8) is 0 Å². The van der Waals surface area contributed by atoms with E-state index in [1.54, 1.807) is 18.2 Å². The van der Waals surface area contributed by atoms with Crippen molar-refractivity contribution in [3.05, 3.63) is 58.1 Å². The molecule has 0 heterocycles. The molecule has 2 rings (SSSR count). The molecule has 5 heteroatoms. The van der Waals surface area contributed by atoms with E-state index in [0.29, 0.717) is 22.3 Å². The van der Waals surface area contributed by atoms with Crippen LogP contribution in [-0.2, 0) is 11.2 Å². The fraction of sp³-hybridized carbons (Fsp3) is 0.188. The van der Waals surface area contributed by atoms with Crippen molar-refractivity contribution in [1.29, 1.82) is 0 Å². The maximum absolute atomic E-state index is 12.0. The van der Waals surface area contributed by atoms with Crippen molar-refractivity contribution in [2.24, 2.45) is 0 Å². The van der Waals surface area contributed by atoms with Gasteiger partial charge < -0.3 is 10.1 Å². The molecule has 0 fully saturated rings. The van der Waals surface area contributed by atoms with Crippen molar-refractivity contribution in [3.8, 4) is 5.75 Å². The van der Waals surface area contributed by atoms with Crippen LogP contribution >= 0.6 is 23.2 Å². The van der Waals surface area contributed by atoms with Crippen LogP contribution in [0.25, 0.3) is 0 Å². The molecule has 1 amide bonds. The maximum Gasteiger partial charge on any atom is 0.228 e. The third-order valence-corrected chi connectivity index (χ3v) is 3.46. The molecule has 1 N–H and O–H groups in total. The SMILES string of the molecule is CCOc1ccc(CC(=O)Nc2c(Cl)cccc2Cl)cc1. The normalized spacial score (nSPS) is 10.2. The third kappa shape index (κ3) is 4.38. The predicted molar refractivity (Wildman–Crippen MR) is 86.4 cm³/mol. The number of nitrogens with one attached hydrogen (secondary N) is 1. The van der Waals surface area contributed by atoms with Crippen LogP contribution in [0.2, 0.25) is 10.0 Å². The summed E-state index contributed by atoms with van der Waals surface area (Å²) >= 11 is 12.0. The summed E-state index contributed by atoms with van der Waals surface area (Å²) in [4.78, 5) is 12.0. The molecule has 21 heavy (non-hydrogen) atoms. The maximum atomic E-state index is 12.0. The number of halogens is 2. The highest BCUT2D eigenvalue weighted by molar-refractivity contribution is 6.39. The van der Waals surface area contributed by atoms with E-state index in [4.69, 9.17) is 27.9 Å². The summed E-state index contributed by atoms with van der Waals surface area (Å²) in [5, 5.41) is 3.57. The quantitative estimate of drug-likeness (QED) is 0.875. The molecule has 0 aliphatic heterocycles. The second-order valence-electron chi connectivity index (χ2n) is 4.40. The van der Waals surface area contributed by atoms with Gasteiger partial charge in [-0.1, -0.05) is 41.4 Å². The number of hydrogen-bond acceptors (Lipinski definition) is 2. The molecule has 0 aliphatic carbocycles. The summed E-state index contributed by atoms with van der Waals surface area (Å²) in [5.41, 5.74) is 1.33. The monoisotopic (exact) mass is 323 g/mol. The first-order valence-corrected chi connectivity index (χ1v) is 7.31. The van der Waals surface area contributed by atoms with Crippen molar-refractivity contribution in [2.45, 2.75) is 13.3 Å². The molecule has 0 aromatic heterocycles. The second kappa shape index (κ2) is 7.34. The topological polar surface area (TPSA) is 38.3 Å². The van der Waals surface area contributed by atoms with Gasteiger partial charge in [0.25, 0.3) is 0 Å². The number of rotatable bonds is 5. The molecule has 0 saturated carbocycles. The van der Waals surface area contributed by atoms with Gasteiger partial charge in [-0.2, -0.15) is 0 Å². The lowest BCUT2D eigenvalue weighted by Crippen LogP contribution is -2.15. The first-order chi connectivity index (χ1) is 10.1. The number of carbonyl (C=O) groups is 1. The number of carbonyl (C=O) groups excluding carboxylic acids is 1. The van der Waals surface area contributed by atoms with Gasteiger partial charge in [0.15, 0.2) is 0 Å². The van der Waals surface area contributed by atoms with Crippen molar-refractivity contribution >= 4 is 34.8 Å². The molecule has 0 spiro atoms. The van der Waals surface area contributed by atoms with Crippen LogP contribution in [0.5, 0.6) is 5.75 Å². The van der Waals surface area contributed by atoms with Gasteiger partial charge in [-0.3, -0.25) is 4.79 Å². The van der Waals surface area contributed by atoms with Crippen LogP contribution in [0.4, 0.5) is 5.69 Å². The van der Waals surface area contributed by atoms with E-state index in [9.17, 15) is 4.79 Å². The Kier molecular flexibility index (Phi) is 5.48. The highest BCUT2D eigenvalue weighted by Crippen LogP contribution is 2.29. The van der Waals surface area contributed by atoms with Gasteiger partial charge in [-0.15, -0.1) is 0 Å². The second-order valence-corrected chi connectivity index (χ2v) is 5.21. The summed E-state index contributed by atoms with van der Waals surface area (Å²) in [7, 11) is 0. The molecule has 2 aromatic carbocycles. The molecule has 110 valence electrons. The first kappa shape index (κ1) is 15.7. The van der Waals surface area contributed by atoms with Gasteiger partial charge in [0.1, 0.15) is 5.75 Å². The lowest BCUT2D eigenvalue weighted by atomic mass is 10.1. The zero-order valence-corrected chi connectivity index (χ0v) is 13.0. The van der Waals surface area contributed by atoms with Gasteiger partial charge >= 0.3 is 0 Å². The fourth-order valence-electron chi connectivity index (χ4n) is 1.86. The summed E-state index contributed by atoms with van der Waals surface area (Å²) < 4.78 is 5.36. The predicted octanol–water partition coefficient (Wildman–Crippen LogP) is 4.57. The van der Waals surface area contributed by atoms with Gasteiger partial charge in [-0.05, 0) is 36.8 Å². The minimum atomic E-state index is -0.172. The summed E-state index contributed by atoms with van der Waals surface area (Å²) in [6.07, 6.45) is 0.244. The Morgan fingerprint density at radius 2 is 1.71 bits per heavy atom. The lowest BCUT2D eigenvalue weighted by Gasteiger charge is -2.09. The Labute approximate surface area is 133 Å². The molecule has 0 unspecified atom stereocenters. The van der Waals surface area contributed by atoms with Crippen LogP contribution in [-0.4, -0.2) is 12.5 Å².